The second-order valence-corrected chi connectivity index (χ2v) is 7.23. The second kappa shape index (κ2) is 6.00. The molecule has 0 spiro atoms. The van der Waals surface area contributed by atoms with Gasteiger partial charge in [-0.05, 0) is 31.9 Å². The maximum atomic E-state index is 13.0. The van der Waals surface area contributed by atoms with Crippen LogP contribution in [0.5, 0.6) is 0 Å². The summed E-state index contributed by atoms with van der Waals surface area (Å²) in [6.45, 7) is 1.98. The van der Waals surface area contributed by atoms with Crippen molar-refractivity contribution in [2.24, 2.45) is 5.92 Å². The zero-order valence-corrected chi connectivity index (χ0v) is 11.9. The van der Waals surface area contributed by atoms with E-state index in [1.165, 1.54) is 0 Å². The predicted octanol–water partition coefficient (Wildman–Crippen LogP) is 2.31. The van der Waals surface area contributed by atoms with Gasteiger partial charge in [-0.1, -0.05) is 18.2 Å². The van der Waals surface area contributed by atoms with E-state index in [4.69, 9.17) is 4.52 Å². The van der Waals surface area contributed by atoms with Gasteiger partial charge in [-0.3, -0.25) is 9.36 Å². The number of aliphatic hydroxyl groups excluding tert-OH is 1. The lowest BCUT2D eigenvalue weighted by molar-refractivity contribution is -0.122. The van der Waals surface area contributed by atoms with Crippen molar-refractivity contribution >= 4 is 18.5 Å². The molecule has 1 aliphatic carbocycles. The molecule has 0 radical (unpaired) electrons. The van der Waals surface area contributed by atoms with E-state index in [-0.39, 0.29) is 12.4 Å². The molecule has 0 aromatic heterocycles. The minimum absolute atomic E-state index is 0.0108. The van der Waals surface area contributed by atoms with Crippen molar-refractivity contribution in [1.82, 2.24) is 0 Å². The van der Waals surface area contributed by atoms with Crippen molar-refractivity contribution < 1.29 is 19.0 Å². The molecule has 104 valence electrons. The lowest BCUT2D eigenvalue weighted by Crippen LogP contribution is -2.29. The zero-order valence-electron chi connectivity index (χ0n) is 11.0. The molecular weight excluding hydrogens is 263 g/mol. The van der Waals surface area contributed by atoms with Crippen LogP contribution in [0.15, 0.2) is 30.3 Å². The van der Waals surface area contributed by atoms with Crippen molar-refractivity contribution in [3.8, 4) is 0 Å². The Morgan fingerprint density at radius 1 is 1.42 bits per heavy atom. The summed E-state index contributed by atoms with van der Waals surface area (Å²) >= 11 is 0. The third-order valence-corrected chi connectivity index (χ3v) is 6.21. The van der Waals surface area contributed by atoms with E-state index in [2.05, 4.69) is 0 Å². The Bertz CT molecular complexity index is 485. The van der Waals surface area contributed by atoms with Crippen LogP contribution in [-0.2, 0) is 13.9 Å². The van der Waals surface area contributed by atoms with Crippen LogP contribution in [0.1, 0.15) is 26.2 Å². The van der Waals surface area contributed by atoms with Crippen LogP contribution in [0.3, 0.4) is 0 Å². The van der Waals surface area contributed by atoms with Gasteiger partial charge >= 0.3 is 0 Å². The fourth-order valence-corrected chi connectivity index (χ4v) is 4.89. The highest BCUT2D eigenvalue weighted by Crippen LogP contribution is 2.54. The largest absolute Gasteiger partial charge is 0.382 e. The molecule has 1 aromatic carbocycles. The molecule has 5 heteroatoms. The number of benzene rings is 1. The van der Waals surface area contributed by atoms with Gasteiger partial charge in [0.2, 0.25) is 0 Å². The number of ketones is 1. The Kier molecular flexibility index (Phi) is 4.56. The second-order valence-electron chi connectivity index (χ2n) is 4.73. The van der Waals surface area contributed by atoms with Gasteiger partial charge in [0, 0.05) is 11.7 Å². The fraction of sp³-hybridized carbons (Fsp3) is 0.500. The van der Waals surface area contributed by atoms with E-state index in [1.807, 2.05) is 6.07 Å². The van der Waals surface area contributed by atoms with Gasteiger partial charge in [0.1, 0.15) is 11.6 Å². The topological polar surface area (TPSA) is 63.6 Å². The third-order valence-electron chi connectivity index (χ3n) is 3.50. The summed E-state index contributed by atoms with van der Waals surface area (Å²) in [5.41, 5.74) is 0. The lowest BCUT2D eigenvalue weighted by Gasteiger charge is -2.26. The highest BCUT2D eigenvalue weighted by molar-refractivity contribution is 7.67. The average Bonchev–Trinajstić information content (AvgIpc) is 2.85. The monoisotopic (exact) mass is 282 g/mol. The first-order valence-corrected chi connectivity index (χ1v) is 8.29. The van der Waals surface area contributed by atoms with E-state index in [9.17, 15) is 14.5 Å². The summed E-state index contributed by atoms with van der Waals surface area (Å²) in [6.07, 6.45) is 1.80. The molecule has 2 rings (SSSR count). The molecule has 0 saturated heterocycles. The number of aliphatic hydroxyl groups is 1. The summed E-state index contributed by atoms with van der Waals surface area (Å²) in [7, 11) is -3.41. The molecule has 0 aliphatic heterocycles. The molecule has 1 saturated carbocycles. The molecule has 3 atom stereocenters. The molecule has 0 amide bonds. The number of carbonyl (C=O) groups is 1. The normalized spacial score (nSPS) is 24.1. The summed E-state index contributed by atoms with van der Waals surface area (Å²) in [5, 5.41) is 10.9. The van der Waals surface area contributed by atoms with Crippen molar-refractivity contribution in [3.63, 3.8) is 0 Å². The smallest absolute Gasteiger partial charge is 0.260 e. The molecule has 0 unspecified atom stereocenters. The van der Waals surface area contributed by atoms with Gasteiger partial charge in [-0.2, -0.15) is 0 Å². The Morgan fingerprint density at radius 3 is 2.63 bits per heavy atom. The molecule has 0 heterocycles. The minimum atomic E-state index is -3.41. The highest BCUT2D eigenvalue weighted by atomic mass is 31.2. The molecule has 1 aliphatic rings. The van der Waals surface area contributed by atoms with E-state index in [0.717, 1.165) is 6.42 Å². The van der Waals surface area contributed by atoms with Crippen LogP contribution in [-0.4, -0.2) is 23.3 Å². The molecule has 0 bridgehead atoms. The van der Waals surface area contributed by atoms with Crippen LogP contribution in [0, 0.1) is 5.92 Å². The SMILES string of the molecule is CCO[P@](=O)(c1ccccc1)[C@H](O)[C@@H]1CCCC1=O. The number of Topliss-reactive ketones (excluding diaryl/α,β-unsaturated/α-hetero) is 1. The molecule has 4 nitrogen and oxygen atoms in total. The van der Waals surface area contributed by atoms with Gasteiger partial charge in [0.15, 0.2) is 0 Å². The first-order valence-electron chi connectivity index (χ1n) is 6.60. The van der Waals surface area contributed by atoms with E-state index in [1.54, 1.807) is 31.2 Å². The maximum absolute atomic E-state index is 13.0. The number of hydrogen-bond donors (Lipinski definition) is 1. The van der Waals surface area contributed by atoms with Crippen molar-refractivity contribution in [1.29, 1.82) is 0 Å². The lowest BCUT2D eigenvalue weighted by atomic mass is 10.1. The van der Waals surface area contributed by atoms with Gasteiger partial charge in [-0.15, -0.1) is 0 Å². The average molecular weight is 282 g/mol. The first kappa shape index (κ1) is 14.4. The number of rotatable bonds is 5. The molecule has 1 fully saturated rings. The number of carbonyl (C=O) groups excluding carboxylic acids is 1. The maximum Gasteiger partial charge on any atom is 0.260 e. The predicted molar refractivity (Wildman–Crippen MR) is 73.7 cm³/mol. The Hall–Kier alpha value is -0.960. The summed E-state index contributed by atoms with van der Waals surface area (Å²) in [4.78, 5) is 11.8. The number of hydrogen-bond acceptors (Lipinski definition) is 4. The molecule has 1 aromatic rings. The van der Waals surface area contributed by atoms with Gasteiger partial charge in [0.25, 0.3) is 7.37 Å². The van der Waals surface area contributed by atoms with Crippen LogP contribution >= 0.6 is 7.37 Å². The summed E-state index contributed by atoms with van der Waals surface area (Å²) < 4.78 is 18.4. The van der Waals surface area contributed by atoms with Gasteiger partial charge in [-0.25, -0.2) is 0 Å². The molecular formula is C14H19O4P. The summed E-state index contributed by atoms with van der Waals surface area (Å²) in [5.74, 6) is -1.80. The van der Waals surface area contributed by atoms with Crippen molar-refractivity contribution in [2.75, 3.05) is 6.61 Å². The van der Waals surface area contributed by atoms with E-state index in [0.29, 0.717) is 18.1 Å². The van der Waals surface area contributed by atoms with Gasteiger partial charge in [0.05, 0.1) is 12.5 Å². The standard InChI is InChI=1S/C14H19O4P/c1-2-18-19(17,11-7-4-3-5-8-11)14(16)12-9-6-10-13(12)15/h3-5,7-8,12,14,16H,2,6,9-10H2,1H3/t12-,14+,19-/m1/s1. The Balaban J connectivity index is 2.34. The Morgan fingerprint density at radius 2 is 2.11 bits per heavy atom. The van der Waals surface area contributed by atoms with Crippen molar-refractivity contribution in [3.05, 3.63) is 30.3 Å². The minimum Gasteiger partial charge on any atom is -0.382 e. The first-order chi connectivity index (χ1) is 9.09. The Labute approximate surface area is 113 Å². The summed E-state index contributed by atoms with van der Waals surface area (Å²) in [6, 6.07) is 8.68. The van der Waals surface area contributed by atoms with E-state index >= 15 is 0 Å². The van der Waals surface area contributed by atoms with E-state index < -0.39 is 19.1 Å². The van der Waals surface area contributed by atoms with Gasteiger partial charge < -0.3 is 9.63 Å². The van der Waals surface area contributed by atoms with Crippen LogP contribution < -0.4 is 5.30 Å². The van der Waals surface area contributed by atoms with Crippen LogP contribution in [0.2, 0.25) is 0 Å². The molecule has 19 heavy (non-hydrogen) atoms. The highest BCUT2D eigenvalue weighted by Gasteiger charge is 2.44. The quantitative estimate of drug-likeness (QED) is 0.842. The molecule has 1 N–H and O–H groups in total. The van der Waals surface area contributed by atoms with Crippen LogP contribution in [0.4, 0.5) is 0 Å². The van der Waals surface area contributed by atoms with Crippen LogP contribution in [0.25, 0.3) is 0 Å². The van der Waals surface area contributed by atoms with Crippen molar-refractivity contribution in [2.45, 2.75) is 32.0 Å². The fourth-order valence-electron chi connectivity index (χ4n) is 2.53. The zero-order chi connectivity index (χ0) is 13.9. The third kappa shape index (κ3) is 2.81.